The minimum Gasteiger partial charge on any atom is -0.493 e. The molecule has 13 nitrogen and oxygen atoms in total. The molecular weight excluding hydrogens is 600 g/mol. The molecule has 0 saturated carbocycles. The van der Waals surface area contributed by atoms with Crippen molar-refractivity contribution in [1.29, 1.82) is 0 Å². The number of carbonyl (C=O) groups is 3. The number of alkyl carbamates (subject to hydrolysis) is 1. The minimum absolute atomic E-state index is 0.0208. The van der Waals surface area contributed by atoms with E-state index >= 15 is 0 Å². The molecule has 247 valence electrons. The summed E-state index contributed by atoms with van der Waals surface area (Å²) in [5, 5.41) is 16.1. The maximum atomic E-state index is 13.0. The number of carbonyl (C=O) groups excluding carboxylic acids is 3. The lowest BCUT2D eigenvalue weighted by atomic mass is 9.67. The molecule has 3 atom stereocenters. The molecule has 46 heavy (non-hydrogen) atoms. The van der Waals surface area contributed by atoms with Crippen LogP contribution in [0.1, 0.15) is 63.1 Å². The van der Waals surface area contributed by atoms with Crippen molar-refractivity contribution >= 4 is 18.0 Å². The fourth-order valence-corrected chi connectivity index (χ4v) is 7.43. The molecule has 13 heteroatoms. The Morgan fingerprint density at radius 1 is 0.957 bits per heavy atom. The van der Waals surface area contributed by atoms with Crippen LogP contribution in [0.5, 0.6) is 28.7 Å². The van der Waals surface area contributed by atoms with Crippen LogP contribution in [0.2, 0.25) is 0 Å². The molecular formula is C33H39N2O11. The molecule has 4 aliphatic rings. The fraction of sp³-hybridized carbons (Fsp3) is 0.545. The predicted molar refractivity (Wildman–Crippen MR) is 159 cm³/mol. The van der Waals surface area contributed by atoms with Gasteiger partial charge in [0, 0.05) is 35.8 Å². The van der Waals surface area contributed by atoms with Gasteiger partial charge in [0.15, 0.2) is 23.0 Å². The van der Waals surface area contributed by atoms with Crippen LogP contribution in [0.15, 0.2) is 24.3 Å². The maximum absolute atomic E-state index is 13.0. The Kier molecular flexibility index (Phi) is 8.18. The summed E-state index contributed by atoms with van der Waals surface area (Å²) in [5.41, 5.74) is 1.22. The first kappa shape index (κ1) is 31.7. The Labute approximate surface area is 266 Å². The van der Waals surface area contributed by atoms with E-state index in [4.69, 9.17) is 33.2 Å². The zero-order chi connectivity index (χ0) is 33.0. The third kappa shape index (κ3) is 5.77. The van der Waals surface area contributed by atoms with Crippen molar-refractivity contribution in [2.75, 3.05) is 34.2 Å². The molecule has 3 aliphatic heterocycles. The molecule has 6 rings (SSSR count). The molecule has 2 saturated heterocycles. The molecule has 0 aromatic heterocycles. The minimum atomic E-state index is -0.794. The SMILES string of the molecule is COc1cc([C@@H]2c3cc4c(cc3CC3COC(=O)[C@@H]32)OCO4)cc(OC)c1OC(=O)CNC(=O)OC1CC(C)(C)N([O])C(C)(C)C1. The number of nitrogens with zero attached hydrogens (tertiary/aromatic N) is 1. The number of methoxy groups -OCH3 is 2. The smallest absolute Gasteiger partial charge is 0.407 e. The van der Waals surface area contributed by atoms with Crippen LogP contribution in [0.25, 0.3) is 0 Å². The van der Waals surface area contributed by atoms with Gasteiger partial charge in [0.2, 0.25) is 12.5 Å². The van der Waals surface area contributed by atoms with E-state index in [0.29, 0.717) is 42.9 Å². The van der Waals surface area contributed by atoms with Crippen molar-refractivity contribution in [3.63, 3.8) is 0 Å². The summed E-state index contributed by atoms with van der Waals surface area (Å²) in [5.74, 6) is -0.257. The van der Waals surface area contributed by atoms with Crippen molar-refractivity contribution in [3.05, 3.63) is 41.0 Å². The quantitative estimate of drug-likeness (QED) is 0.347. The number of benzene rings is 2. The highest BCUT2D eigenvalue weighted by Gasteiger charge is 2.49. The maximum Gasteiger partial charge on any atom is 0.407 e. The van der Waals surface area contributed by atoms with Crippen LogP contribution in [0.4, 0.5) is 4.79 Å². The molecule has 2 aromatic rings. The Hall–Kier alpha value is -4.23. The number of piperidine rings is 1. The zero-order valence-corrected chi connectivity index (χ0v) is 26.8. The Bertz CT molecular complexity index is 1510. The molecule has 1 aliphatic carbocycles. The first-order chi connectivity index (χ1) is 21.8. The number of rotatable bonds is 7. The molecule has 2 aromatic carbocycles. The van der Waals surface area contributed by atoms with Crippen molar-refractivity contribution in [3.8, 4) is 28.7 Å². The fourth-order valence-electron chi connectivity index (χ4n) is 7.43. The largest absolute Gasteiger partial charge is 0.493 e. The number of hydrogen-bond acceptors (Lipinski definition) is 11. The number of cyclic esters (lactones) is 1. The van der Waals surface area contributed by atoms with E-state index in [0.717, 1.165) is 16.2 Å². The van der Waals surface area contributed by atoms with E-state index in [1.54, 1.807) is 39.8 Å². The standard InChI is InChI=1S/C33H39N2O11/c1-32(2)12-20(13-33(3,4)35(32)39)45-31(38)34-14-26(36)46-29-24(40-5)9-18(10-25(29)41-6)27-21-11-23-22(43-16-44-23)8-17(21)7-19-15-42-30(37)28(19)27/h8-11,19-20,27-28H,7,12-16H2,1-6H3,(H,34,38)/t19?,27-,28+/m1/s1. The number of nitrogens with one attached hydrogen (secondary N) is 1. The van der Waals surface area contributed by atoms with Crippen LogP contribution in [0, 0.1) is 11.8 Å². The molecule has 3 heterocycles. The second-order valence-corrected chi connectivity index (χ2v) is 13.4. The summed E-state index contributed by atoms with van der Waals surface area (Å²) in [6.07, 6.45) is 0.0722. The van der Waals surface area contributed by atoms with Gasteiger partial charge in [-0.2, -0.15) is 0 Å². The summed E-state index contributed by atoms with van der Waals surface area (Å²) in [6, 6.07) is 7.30. The average Bonchev–Trinajstić information content (AvgIpc) is 3.62. The van der Waals surface area contributed by atoms with Crippen molar-refractivity contribution < 1.29 is 52.7 Å². The van der Waals surface area contributed by atoms with Crippen molar-refractivity contribution in [1.82, 2.24) is 10.4 Å². The first-order valence-corrected chi connectivity index (χ1v) is 15.3. The number of amides is 1. The van der Waals surface area contributed by atoms with Gasteiger partial charge in [-0.1, -0.05) is 0 Å². The Morgan fingerprint density at radius 2 is 1.59 bits per heavy atom. The second kappa shape index (κ2) is 11.8. The normalized spacial score (nSPS) is 24.3. The van der Waals surface area contributed by atoms with E-state index in [2.05, 4.69) is 5.32 Å². The van der Waals surface area contributed by atoms with E-state index in [1.807, 2.05) is 12.1 Å². The molecule has 2 fully saturated rings. The highest BCUT2D eigenvalue weighted by molar-refractivity contribution is 5.81. The zero-order valence-electron chi connectivity index (χ0n) is 26.8. The van der Waals surface area contributed by atoms with Crippen LogP contribution < -0.4 is 29.0 Å². The topological polar surface area (TPSA) is 151 Å². The van der Waals surface area contributed by atoms with Crippen LogP contribution in [-0.4, -0.2) is 74.4 Å². The highest BCUT2D eigenvalue weighted by Crippen LogP contribution is 2.52. The predicted octanol–water partition coefficient (Wildman–Crippen LogP) is 3.91. The van der Waals surface area contributed by atoms with Gasteiger partial charge in [0.05, 0.1) is 26.7 Å². The molecule has 0 bridgehead atoms. The number of esters is 2. The van der Waals surface area contributed by atoms with Crippen molar-refractivity contribution in [2.45, 2.75) is 70.1 Å². The van der Waals surface area contributed by atoms with E-state index in [-0.39, 0.29) is 35.9 Å². The molecule has 1 amide bonds. The van der Waals surface area contributed by atoms with Gasteiger partial charge in [0.1, 0.15) is 12.6 Å². The monoisotopic (exact) mass is 639 g/mol. The lowest BCUT2D eigenvalue weighted by molar-refractivity contribution is -0.298. The number of fused-ring (bicyclic) bond motifs is 3. The third-order valence-electron chi connectivity index (χ3n) is 9.29. The van der Waals surface area contributed by atoms with Gasteiger partial charge in [-0.25, -0.2) is 9.59 Å². The van der Waals surface area contributed by atoms with E-state index in [9.17, 15) is 19.6 Å². The molecule has 1 unspecified atom stereocenters. The van der Waals surface area contributed by atoms with E-state index in [1.165, 1.54) is 14.2 Å². The van der Waals surface area contributed by atoms with Gasteiger partial charge in [0.25, 0.3) is 0 Å². The van der Waals surface area contributed by atoms with Gasteiger partial charge in [-0.05, 0) is 75.1 Å². The third-order valence-corrected chi connectivity index (χ3v) is 9.29. The van der Waals surface area contributed by atoms with Crippen LogP contribution in [0.3, 0.4) is 0 Å². The van der Waals surface area contributed by atoms with Crippen LogP contribution >= 0.6 is 0 Å². The second-order valence-electron chi connectivity index (χ2n) is 13.4. The number of hydrogen-bond donors (Lipinski definition) is 1. The summed E-state index contributed by atoms with van der Waals surface area (Å²) in [7, 11) is 2.86. The lowest BCUT2D eigenvalue weighted by Crippen LogP contribution is -2.60. The molecule has 0 spiro atoms. The lowest BCUT2D eigenvalue weighted by Gasteiger charge is -2.49. The van der Waals surface area contributed by atoms with Gasteiger partial charge in [-0.15, -0.1) is 10.3 Å². The number of hydroxylamine groups is 2. The molecule has 1 radical (unpaired) electrons. The summed E-state index contributed by atoms with van der Waals surface area (Å²) in [4.78, 5) is 38.5. The van der Waals surface area contributed by atoms with Gasteiger partial charge in [-0.3, -0.25) is 4.79 Å². The highest BCUT2D eigenvalue weighted by atomic mass is 16.7. The van der Waals surface area contributed by atoms with Crippen LogP contribution in [-0.2, 0) is 30.7 Å². The first-order valence-electron chi connectivity index (χ1n) is 15.3. The Balaban J connectivity index is 1.19. The Morgan fingerprint density at radius 3 is 2.22 bits per heavy atom. The van der Waals surface area contributed by atoms with Crippen molar-refractivity contribution in [2.24, 2.45) is 11.8 Å². The molecule has 1 N–H and O–H groups in total. The summed E-state index contributed by atoms with van der Waals surface area (Å²) < 4.78 is 39.2. The average molecular weight is 640 g/mol. The van der Waals surface area contributed by atoms with E-state index < -0.39 is 47.6 Å². The summed E-state index contributed by atoms with van der Waals surface area (Å²) >= 11 is 0. The van der Waals surface area contributed by atoms with Gasteiger partial charge >= 0.3 is 18.0 Å². The number of ether oxygens (including phenoxy) is 7. The van der Waals surface area contributed by atoms with Gasteiger partial charge < -0.3 is 38.5 Å². The summed E-state index contributed by atoms with van der Waals surface area (Å²) in [6.45, 7) is 7.18.